The monoisotopic (exact) mass is 456 g/mol. The number of nitrogens with zero attached hydrogens (tertiary/aromatic N) is 2. The van der Waals surface area contributed by atoms with Crippen LogP contribution in [0.2, 0.25) is 5.15 Å². The second-order valence-electron chi connectivity index (χ2n) is 8.97. The van der Waals surface area contributed by atoms with E-state index in [1.807, 2.05) is 19.1 Å². The van der Waals surface area contributed by atoms with Crippen LogP contribution in [-0.4, -0.2) is 29.9 Å². The lowest BCUT2D eigenvalue weighted by Crippen LogP contribution is -2.16. The molecule has 0 N–H and O–H groups in total. The number of aldehydes is 1. The summed E-state index contributed by atoms with van der Waals surface area (Å²) >= 11 is 6.76. The summed E-state index contributed by atoms with van der Waals surface area (Å²) in [5.74, 6) is 1.46. The van der Waals surface area contributed by atoms with Crippen molar-refractivity contribution in [1.82, 2.24) is 10.2 Å². The van der Waals surface area contributed by atoms with Gasteiger partial charge in [0, 0.05) is 23.3 Å². The quantitative estimate of drug-likeness (QED) is 0.241. The van der Waals surface area contributed by atoms with Crippen LogP contribution in [0.5, 0.6) is 5.75 Å². The summed E-state index contributed by atoms with van der Waals surface area (Å²) in [4.78, 5) is 11.4. The minimum Gasteiger partial charge on any atom is -0.467 e. The van der Waals surface area contributed by atoms with E-state index in [4.69, 9.17) is 21.1 Å². The van der Waals surface area contributed by atoms with Crippen molar-refractivity contribution >= 4 is 17.9 Å². The molecule has 0 spiro atoms. The van der Waals surface area contributed by atoms with Gasteiger partial charge in [0.25, 0.3) is 0 Å². The van der Waals surface area contributed by atoms with Crippen molar-refractivity contribution in [3.8, 4) is 17.0 Å². The van der Waals surface area contributed by atoms with Crippen LogP contribution in [0.3, 0.4) is 0 Å². The highest BCUT2D eigenvalue weighted by Crippen LogP contribution is 2.47. The largest absolute Gasteiger partial charge is 0.467 e. The third-order valence-corrected chi connectivity index (χ3v) is 7.21. The van der Waals surface area contributed by atoms with Crippen LogP contribution in [-0.2, 0) is 4.74 Å². The average Bonchev–Trinajstić information content (AvgIpc) is 2.85. The molecule has 0 atom stereocenters. The average molecular weight is 457 g/mol. The Morgan fingerprint density at radius 3 is 2.25 bits per heavy atom. The van der Waals surface area contributed by atoms with Crippen LogP contribution < -0.4 is 4.74 Å². The smallest absolute Gasteiger partial charge is 0.189 e. The number of rotatable bonds is 8. The predicted octanol–water partition coefficient (Wildman–Crippen LogP) is 7.08. The molecule has 4 rings (SSSR count). The van der Waals surface area contributed by atoms with Gasteiger partial charge < -0.3 is 9.47 Å². The molecular weight excluding hydrogens is 424 g/mol. The van der Waals surface area contributed by atoms with Crippen molar-refractivity contribution in [2.45, 2.75) is 83.0 Å². The lowest BCUT2D eigenvalue weighted by Gasteiger charge is -2.31. The summed E-state index contributed by atoms with van der Waals surface area (Å²) < 4.78 is 11.4. The van der Waals surface area contributed by atoms with Gasteiger partial charge in [0.15, 0.2) is 11.9 Å². The number of hydrogen-bond donors (Lipinski definition) is 0. The molecule has 172 valence electrons. The van der Waals surface area contributed by atoms with E-state index in [1.54, 1.807) is 6.07 Å². The zero-order chi connectivity index (χ0) is 22.3. The Balaban J connectivity index is 1.85. The van der Waals surface area contributed by atoms with Gasteiger partial charge in [-0.15, -0.1) is 10.2 Å². The molecule has 0 amide bonds. The Hall–Kier alpha value is -1.98. The third kappa shape index (κ3) is 5.15. The van der Waals surface area contributed by atoms with E-state index in [2.05, 4.69) is 10.2 Å². The van der Waals surface area contributed by atoms with Crippen LogP contribution in [0.15, 0.2) is 18.2 Å². The Morgan fingerprint density at radius 2 is 1.62 bits per heavy atom. The molecule has 0 bridgehead atoms. The molecule has 2 aromatic rings. The molecule has 32 heavy (non-hydrogen) atoms. The number of halogens is 1. The second-order valence-corrected chi connectivity index (χ2v) is 9.32. The zero-order valence-corrected chi connectivity index (χ0v) is 19.7. The van der Waals surface area contributed by atoms with E-state index in [9.17, 15) is 4.79 Å². The number of carbonyl (C=O) groups excluding carboxylic acids is 1. The molecule has 5 nitrogen and oxygen atoms in total. The van der Waals surface area contributed by atoms with Crippen molar-refractivity contribution in [3.05, 3.63) is 40.0 Å². The van der Waals surface area contributed by atoms with Crippen molar-refractivity contribution in [1.29, 1.82) is 0 Å². The molecule has 0 radical (unpaired) electrons. The van der Waals surface area contributed by atoms with Crippen LogP contribution in [0.25, 0.3) is 11.3 Å². The van der Waals surface area contributed by atoms with E-state index in [0.717, 1.165) is 43.2 Å². The number of aromatic nitrogens is 2. The molecule has 2 aliphatic rings. The zero-order valence-electron chi connectivity index (χ0n) is 18.9. The van der Waals surface area contributed by atoms with E-state index < -0.39 is 0 Å². The van der Waals surface area contributed by atoms with Crippen molar-refractivity contribution < 1.29 is 14.3 Å². The van der Waals surface area contributed by atoms with E-state index >= 15 is 0 Å². The standard InChI is InChI=1S/C26H33ClN2O3/c1-2-31-17-32-22-15-18(16-30)13-14-21(22)25-23(19-9-5-3-6-10-19)24(26(27)29-28-25)20-11-7-4-8-12-20/h13-16,19-20H,2-12,17H2,1H3. The van der Waals surface area contributed by atoms with Crippen molar-refractivity contribution in [2.24, 2.45) is 0 Å². The van der Waals surface area contributed by atoms with Gasteiger partial charge in [0.05, 0.1) is 0 Å². The normalized spacial score (nSPS) is 17.9. The SMILES string of the molecule is CCOCOc1cc(C=O)ccc1-c1nnc(Cl)c(C2CCCCC2)c1C1CCCCC1. The Morgan fingerprint density at radius 1 is 0.969 bits per heavy atom. The topological polar surface area (TPSA) is 61.3 Å². The fraction of sp³-hybridized carbons (Fsp3) is 0.577. The van der Waals surface area contributed by atoms with Gasteiger partial charge in [-0.2, -0.15) is 0 Å². The molecule has 0 saturated heterocycles. The van der Waals surface area contributed by atoms with Crippen LogP contribution >= 0.6 is 11.6 Å². The summed E-state index contributed by atoms with van der Waals surface area (Å²) in [7, 11) is 0. The number of carbonyl (C=O) groups is 1. The molecule has 1 aromatic heterocycles. The fourth-order valence-corrected chi connectivity index (χ4v) is 5.63. The van der Waals surface area contributed by atoms with Gasteiger partial charge in [0.1, 0.15) is 17.7 Å². The van der Waals surface area contributed by atoms with E-state index in [1.165, 1.54) is 49.7 Å². The highest BCUT2D eigenvalue weighted by atomic mass is 35.5. The van der Waals surface area contributed by atoms with Gasteiger partial charge in [-0.25, -0.2) is 0 Å². The molecule has 6 heteroatoms. The molecule has 1 heterocycles. The molecule has 0 aliphatic heterocycles. The predicted molar refractivity (Wildman–Crippen MR) is 127 cm³/mol. The number of benzene rings is 1. The highest BCUT2D eigenvalue weighted by molar-refractivity contribution is 6.30. The first-order chi connectivity index (χ1) is 15.7. The van der Waals surface area contributed by atoms with Gasteiger partial charge in [-0.1, -0.05) is 56.2 Å². The van der Waals surface area contributed by atoms with E-state index in [0.29, 0.717) is 34.9 Å². The third-order valence-electron chi connectivity index (χ3n) is 6.93. The maximum atomic E-state index is 11.4. The maximum absolute atomic E-state index is 11.4. The Kier molecular flexibility index (Phi) is 8.15. The van der Waals surface area contributed by atoms with Crippen LogP contribution in [0.1, 0.15) is 104 Å². The van der Waals surface area contributed by atoms with Crippen LogP contribution in [0.4, 0.5) is 0 Å². The lowest BCUT2D eigenvalue weighted by atomic mass is 9.75. The molecular formula is C26H33ClN2O3. The van der Waals surface area contributed by atoms with Crippen LogP contribution in [0, 0.1) is 0 Å². The molecule has 2 aliphatic carbocycles. The number of hydrogen-bond acceptors (Lipinski definition) is 5. The second kappa shape index (κ2) is 11.2. The molecule has 1 aromatic carbocycles. The summed E-state index contributed by atoms with van der Waals surface area (Å²) in [5, 5.41) is 9.62. The van der Waals surface area contributed by atoms with Crippen molar-refractivity contribution in [2.75, 3.05) is 13.4 Å². The molecule has 0 unspecified atom stereocenters. The van der Waals surface area contributed by atoms with Crippen molar-refractivity contribution in [3.63, 3.8) is 0 Å². The highest BCUT2D eigenvalue weighted by Gasteiger charge is 2.31. The first kappa shape index (κ1) is 23.2. The minimum absolute atomic E-state index is 0.126. The van der Waals surface area contributed by atoms with Gasteiger partial charge in [0.2, 0.25) is 0 Å². The first-order valence-corrected chi connectivity index (χ1v) is 12.5. The summed E-state index contributed by atoms with van der Waals surface area (Å²) in [6, 6.07) is 5.51. The van der Waals surface area contributed by atoms with Gasteiger partial charge >= 0.3 is 0 Å². The minimum atomic E-state index is 0.126. The Bertz CT molecular complexity index is 922. The van der Waals surface area contributed by atoms with Gasteiger partial charge in [-0.05, 0) is 62.1 Å². The summed E-state index contributed by atoms with van der Waals surface area (Å²) in [6.07, 6.45) is 12.9. The Labute approximate surface area is 195 Å². The summed E-state index contributed by atoms with van der Waals surface area (Å²) in [5.41, 5.74) is 4.74. The maximum Gasteiger partial charge on any atom is 0.189 e. The molecule has 2 fully saturated rings. The lowest BCUT2D eigenvalue weighted by molar-refractivity contribution is 0.0227. The van der Waals surface area contributed by atoms with Gasteiger partial charge in [-0.3, -0.25) is 4.79 Å². The molecule has 2 saturated carbocycles. The van der Waals surface area contributed by atoms with E-state index in [-0.39, 0.29) is 6.79 Å². The fourth-order valence-electron chi connectivity index (χ4n) is 5.34. The summed E-state index contributed by atoms with van der Waals surface area (Å²) in [6.45, 7) is 2.61. The number of ether oxygens (including phenoxy) is 2. The first-order valence-electron chi connectivity index (χ1n) is 12.1.